The summed E-state index contributed by atoms with van der Waals surface area (Å²) in [5.74, 6) is 1.21. The van der Waals surface area contributed by atoms with E-state index in [2.05, 4.69) is 211 Å². The summed E-state index contributed by atoms with van der Waals surface area (Å²) in [6.45, 7) is 0. The first-order valence-electron chi connectivity index (χ1n) is 21.9. The van der Waals surface area contributed by atoms with Crippen molar-refractivity contribution in [2.45, 2.75) is 37.5 Å². The summed E-state index contributed by atoms with van der Waals surface area (Å²) < 4.78 is 6.60. The summed E-state index contributed by atoms with van der Waals surface area (Å²) in [6.07, 6.45) is 17.1. The Morgan fingerprint density at radius 2 is 1.31 bits per heavy atom. The van der Waals surface area contributed by atoms with E-state index in [1.165, 1.54) is 77.9 Å². The molecule has 4 aliphatic rings. The average molecular weight is 784 g/mol. The summed E-state index contributed by atoms with van der Waals surface area (Å²) in [6, 6.07) is 65.0. The molecule has 12 rings (SSSR count). The molecule has 0 spiro atoms. The maximum atomic E-state index is 6.60. The molecule has 0 amide bonds. The van der Waals surface area contributed by atoms with E-state index in [1.807, 2.05) is 0 Å². The van der Waals surface area contributed by atoms with Crippen molar-refractivity contribution in [1.29, 1.82) is 0 Å². The van der Waals surface area contributed by atoms with Crippen LogP contribution in [0, 0.1) is 5.92 Å². The van der Waals surface area contributed by atoms with E-state index in [0.29, 0.717) is 0 Å². The zero-order valence-electron chi connectivity index (χ0n) is 34.1. The van der Waals surface area contributed by atoms with Gasteiger partial charge in [-0.2, -0.15) is 0 Å². The number of fused-ring (bicyclic) bond motifs is 7. The average Bonchev–Trinajstić information content (AvgIpc) is 3.87. The summed E-state index contributed by atoms with van der Waals surface area (Å²) in [5.41, 5.74) is 20.0. The van der Waals surface area contributed by atoms with Gasteiger partial charge >= 0.3 is 0 Å². The second kappa shape index (κ2) is 14.5. The molecule has 8 aromatic rings. The lowest BCUT2D eigenvalue weighted by molar-refractivity contribution is 0.456. The zero-order chi connectivity index (χ0) is 40.3. The van der Waals surface area contributed by atoms with Crippen LogP contribution in [0.2, 0.25) is 0 Å². The third kappa shape index (κ3) is 5.77. The number of benzene rings is 7. The number of allylic oxidation sites excluding steroid dienone is 5. The molecule has 0 N–H and O–H groups in total. The first kappa shape index (κ1) is 35.8. The molecule has 1 atom stereocenters. The third-order valence-corrected chi connectivity index (χ3v) is 13.8. The molecule has 1 aromatic heterocycles. The SMILES string of the molecule is C1=CC(C2(c3ccccc3)c3ccccc3-c3ccccc32)CC=C1N(c1ccc(C2=Cc3ccccc3CC2)cc1)c1cccc(C2=CCCc3c2oc2ccccc32)c1. The molecule has 1 heterocycles. The smallest absolute Gasteiger partial charge is 0.138 e. The fraction of sp³-hybridized carbons (Fsp3) is 0.119. The van der Waals surface area contributed by atoms with E-state index in [9.17, 15) is 0 Å². The van der Waals surface area contributed by atoms with Crippen LogP contribution in [-0.2, 0) is 18.3 Å². The second-order valence-electron chi connectivity index (χ2n) is 17.0. The fourth-order valence-corrected chi connectivity index (χ4v) is 11.0. The molecule has 0 radical (unpaired) electrons. The van der Waals surface area contributed by atoms with Gasteiger partial charge in [-0.05, 0) is 130 Å². The molecule has 0 saturated heterocycles. The Kier molecular flexibility index (Phi) is 8.52. The van der Waals surface area contributed by atoms with Gasteiger partial charge in [0.15, 0.2) is 0 Å². The van der Waals surface area contributed by atoms with Crippen molar-refractivity contribution in [3.8, 4) is 11.1 Å². The van der Waals surface area contributed by atoms with Crippen molar-refractivity contribution in [3.63, 3.8) is 0 Å². The predicted molar refractivity (Wildman–Crippen MR) is 253 cm³/mol. The second-order valence-corrected chi connectivity index (χ2v) is 17.0. The van der Waals surface area contributed by atoms with Crippen LogP contribution in [0.5, 0.6) is 0 Å². The largest absolute Gasteiger partial charge is 0.456 e. The van der Waals surface area contributed by atoms with Crippen LogP contribution in [0.4, 0.5) is 11.4 Å². The molecule has 2 heteroatoms. The number of aryl methyl sites for hydroxylation is 2. The summed E-state index contributed by atoms with van der Waals surface area (Å²) >= 11 is 0. The van der Waals surface area contributed by atoms with Gasteiger partial charge < -0.3 is 9.32 Å². The number of anilines is 2. The predicted octanol–water partition coefficient (Wildman–Crippen LogP) is 14.9. The summed E-state index contributed by atoms with van der Waals surface area (Å²) in [7, 11) is 0. The van der Waals surface area contributed by atoms with Gasteiger partial charge in [0.1, 0.15) is 11.3 Å². The molecule has 7 aromatic carbocycles. The van der Waals surface area contributed by atoms with Gasteiger partial charge in [-0.25, -0.2) is 0 Å². The van der Waals surface area contributed by atoms with Crippen molar-refractivity contribution in [2.75, 3.05) is 4.90 Å². The lowest BCUT2D eigenvalue weighted by Crippen LogP contribution is -2.36. The van der Waals surface area contributed by atoms with Gasteiger partial charge in [-0.1, -0.05) is 170 Å². The minimum absolute atomic E-state index is 0.207. The van der Waals surface area contributed by atoms with Gasteiger partial charge in [0.05, 0.1) is 5.41 Å². The maximum absolute atomic E-state index is 6.60. The number of furan rings is 1. The van der Waals surface area contributed by atoms with Gasteiger partial charge in [0, 0.05) is 33.6 Å². The van der Waals surface area contributed by atoms with Crippen LogP contribution in [0.25, 0.3) is 39.3 Å². The highest BCUT2D eigenvalue weighted by molar-refractivity contribution is 5.92. The standard InChI is InChI=1S/C59H45NO/c1-2-17-45(18-3-1)59(55-25-9-6-20-51(55)52-21-7-10-26-56(52)59)46-32-36-48(37-33-46)60(47-34-30-41(31-35-47)43-29-28-40-14-4-5-15-42(40)38-43)49-19-12-16-44(39-49)50-23-13-24-54-53-22-8-11-27-57(53)61-58(50)54/h1-12,14-23,25-27,30-32,34-39,46H,13,24,28-29,33H2. The van der Waals surface area contributed by atoms with Gasteiger partial charge in [0.2, 0.25) is 0 Å². The molecular weight excluding hydrogens is 739 g/mol. The highest BCUT2D eigenvalue weighted by Gasteiger charge is 2.49. The fourth-order valence-electron chi connectivity index (χ4n) is 11.0. The number of hydrogen-bond acceptors (Lipinski definition) is 2. The minimum atomic E-state index is -0.316. The molecule has 0 fully saturated rings. The first-order valence-corrected chi connectivity index (χ1v) is 21.9. The minimum Gasteiger partial charge on any atom is -0.456 e. The van der Waals surface area contributed by atoms with Crippen molar-refractivity contribution in [2.24, 2.45) is 5.92 Å². The van der Waals surface area contributed by atoms with Crippen LogP contribution in [0.15, 0.2) is 210 Å². The van der Waals surface area contributed by atoms with E-state index in [1.54, 1.807) is 0 Å². The number of hydrogen-bond donors (Lipinski definition) is 0. The molecule has 1 unspecified atom stereocenters. The molecule has 4 aliphatic carbocycles. The number of para-hydroxylation sites is 1. The molecule has 0 saturated carbocycles. The maximum Gasteiger partial charge on any atom is 0.138 e. The van der Waals surface area contributed by atoms with Gasteiger partial charge in [0.25, 0.3) is 0 Å². The van der Waals surface area contributed by atoms with Crippen molar-refractivity contribution in [1.82, 2.24) is 0 Å². The zero-order valence-corrected chi connectivity index (χ0v) is 34.1. The Hall–Kier alpha value is -7.16. The van der Waals surface area contributed by atoms with Crippen LogP contribution in [0.1, 0.15) is 69.5 Å². The lowest BCUT2D eigenvalue weighted by atomic mass is 9.62. The van der Waals surface area contributed by atoms with Gasteiger partial charge in [-0.15, -0.1) is 0 Å². The molecule has 61 heavy (non-hydrogen) atoms. The Balaban J connectivity index is 0.961. The van der Waals surface area contributed by atoms with E-state index < -0.39 is 0 Å². The third-order valence-electron chi connectivity index (χ3n) is 13.8. The topological polar surface area (TPSA) is 16.4 Å². The Morgan fingerprint density at radius 3 is 2.11 bits per heavy atom. The molecule has 0 aliphatic heterocycles. The van der Waals surface area contributed by atoms with E-state index in [-0.39, 0.29) is 11.3 Å². The summed E-state index contributed by atoms with van der Waals surface area (Å²) in [5, 5.41) is 1.23. The van der Waals surface area contributed by atoms with Crippen LogP contribution >= 0.6 is 0 Å². The molecule has 2 nitrogen and oxygen atoms in total. The quantitative estimate of drug-likeness (QED) is 0.160. The normalized spacial score (nSPS) is 17.0. The van der Waals surface area contributed by atoms with Crippen molar-refractivity contribution < 1.29 is 4.42 Å². The van der Waals surface area contributed by atoms with Crippen LogP contribution in [-0.4, -0.2) is 0 Å². The Morgan fingerprint density at radius 1 is 0.574 bits per heavy atom. The molecular formula is C59H45NO. The Labute approximate surface area is 358 Å². The highest BCUT2D eigenvalue weighted by atomic mass is 16.3. The van der Waals surface area contributed by atoms with Crippen LogP contribution < -0.4 is 4.90 Å². The van der Waals surface area contributed by atoms with Crippen molar-refractivity contribution in [3.05, 3.63) is 256 Å². The molecule has 292 valence electrons. The number of rotatable bonds is 7. The first-order chi connectivity index (χ1) is 30.2. The molecule has 0 bridgehead atoms. The van der Waals surface area contributed by atoms with E-state index in [4.69, 9.17) is 4.42 Å². The van der Waals surface area contributed by atoms with Crippen molar-refractivity contribution >= 4 is 39.6 Å². The monoisotopic (exact) mass is 783 g/mol. The summed E-state index contributed by atoms with van der Waals surface area (Å²) in [4.78, 5) is 2.46. The lowest BCUT2D eigenvalue weighted by Gasteiger charge is -2.40. The Bertz CT molecular complexity index is 3070. The van der Waals surface area contributed by atoms with E-state index in [0.717, 1.165) is 54.8 Å². The van der Waals surface area contributed by atoms with Crippen LogP contribution in [0.3, 0.4) is 0 Å². The van der Waals surface area contributed by atoms with E-state index >= 15 is 0 Å². The number of nitrogens with zero attached hydrogens (tertiary/aromatic N) is 1. The van der Waals surface area contributed by atoms with Gasteiger partial charge in [-0.3, -0.25) is 0 Å². The highest BCUT2D eigenvalue weighted by Crippen LogP contribution is 2.58.